The highest BCUT2D eigenvalue weighted by Crippen LogP contribution is 1.96. The summed E-state index contributed by atoms with van der Waals surface area (Å²) in [7, 11) is 0. The van der Waals surface area contributed by atoms with Gasteiger partial charge in [0.25, 0.3) is 0 Å². The lowest BCUT2D eigenvalue weighted by atomic mass is 10.2. The van der Waals surface area contributed by atoms with Gasteiger partial charge in [0, 0.05) is 0 Å². The molecule has 0 unspecified atom stereocenters. The standard InChI is InChI=1S/C8H10.2C2H6.C2H4/c1-2-8-6-4-3-5-7-8;3*1-2/h3-7H,2H2,1H3;2*1-2H3;1-2H2. The average molecular weight is 194 g/mol. The van der Waals surface area contributed by atoms with Crippen molar-refractivity contribution in [2.45, 2.75) is 41.0 Å². The predicted octanol–water partition coefficient (Wildman–Crippen LogP) is 5.10. The third kappa shape index (κ3) is 13.5. The lowest BCUT2D eigenvalue weighted by Gasteiger charge is -1.89. The second-order valence-electron chi connectivity index (χ2n) is 1.84. The second kappa shape index (κ2) is 22.7. The predicted molar refractivity (Wildman–Crippen MR) is 69.8 cm³/mol. The molecule has 0 heteroatoms. The third-order valence-electron chi connectivity index (χ3n) is 1.25. The quantitative estimate of drug-likeness (QED) is 0.545. The Morgan fingerprint density at radius 2 is 1.21 bits per heavy atom. The van der Waals surface area contributed by atoms with Crippen LogP contribution >= 0.6 is 0 Å². The zero-order valence-corrected chi connectivity index (χ0v) is 10.5. The fourth-order valence-electron chi connectivity index (χ4n) is 0.714. The van der Waals surface area contributed by atoms with Gasteiger partial charge in [-0.3, -0.25) is 0 Å². The SMILES string of the molecule is C=C.CC.CC.CCc1ccccc1. The molecule has 14 heavy (non-hydrogen) atoms. The summed E-state index contributed by atoms with van der Waals surface area (Å²) in [5.74, 6) is 0. The van der Waals surface area contributed by atoms with Crippen molar-refractivity contribution >= 4 is 0 Å². The fourth-order valence-corrected chi connectivity index (χ4v) is 0.714. The summed E-state index contributed by atoms with van der Waals surface area (Å²) in [6, 6.07) is 10.5. The topological polar surface area (TPSA) is 0 Å². The van der Waals surface area contributed by atoms with Crippen molar-refractivity contribution in [2.75, 3.05) is 0 Å². The molecule has 0 heterocycles. The molecule has 1 rings (SSSR count). The molecule has 0 amide bonds. The smallest absolute Gasteiger partial charge is 0.0307 e. The number of hydrogen-bond acceptors (Lipinski definition) is 0. The van der Waals surface area contributed by atoms with Crippen LogP contribution in [0.1, 0.15) is 40.2 Å². The van der Waals surface area contributed by atoms with E-state index in [2.05, 4.69) is 44.3 Å². The van der Waals surface area contributed by atoms with Gasteiger partial charge >= 0.3 is 0 Å². The van der Waals surface area contributed by atoms with Crippen LogP contribution in [0.5, 0.6) is 0 Å². The van der Waals surface area contributed by atoms with Crippen LogP contribution in [0.25, 0.3) is 0 Å². The van der Waals surface area contributed by atoms with Crippen molar-refractivity contribution in [3.8, 4) is 0 Å². The van der Waals surface area contributed by atoms with E-state index >= 15 is 0 Å². The van der Waals surface area contributed by atoms with E-state index in [1.807, 2.05) is 33.8 Å². The van der Waals surface area contributed by atoms with Gasteiger partial charge < -0.3 is 0 Å². The van der Waals surface area contributed by atoms with Crippen molar-refractivity contribution in [3.63, 3.8) is 0 Å². The molecule has 0 N–H and O–H groups in total. The van der Waals surface area contributed by atoms with Crippen LogP contribution in [0, 0.1) is 0 Å². The molecule has 1 aromatic carbocycles. The Bertz CT molecular complexity index is 153. The summed E-state index contributed by atoms with van der Waals surface area (Å²) >= 11 is 0. The average Bonchev–Trinajstić information content (AvgIpc) is 2.37. The molecule has 0 saturated heterocycles. The Hall–Kier alpha value is -1.04. The van der Waals surface area contributed by atoms with Gasteiger partial charge in [-0.05, 0) is 12.0 Å². The molecule has 0 atom stereocenters. The molecule has 0 fully saturated rings. The maximum atomic E-state index is 3.00. The van der Waals surface area contributed by atoms with E-state index in [1.165, 1.54) is 5.56 Å². The highest BCUT2D eigenvalue weighted by molar-refractivity contribution is 5.13. The summed E-state index contributed by atoms with van der Waals surface area (Å²) < 4.78 is 0. The minimum absolute atomic E-state index is 1.14. The summed E-state index contributed by atoms with van der Waals surface area (Å²) in [5.41, 5.74) is 1.41. The maximum absolute atomic E-state index is 3.00. The molecule has 0 aliphatic carbocycles. The first kappa shape index (κ1) is 18.7. The molecular formula is C14H26. The van der Waals surface area contributed by atoms with Gasteiger partial charge in [0.2, 0.25) is 0 Å². The van der Waals surface area contributed by atoms with Gasteiger partial charge in [0.1, 0.15) is 0 Å². The fraction of sp³-hybridized carbons (Fsp3) is 0.429. The van der Waals surface area contributed by atoms with Crippen molar-refractivity contribution < 1.29 is 0 Å². The van der Waals surface area contributed by atoms with Crippen LogP contribution in [0.4, 0.5) is 0 Å². The van der Waals surface area contributed by atoms with Gasteiger partial charge in [-0.2, -0.15) is 0 Å². The highest BCUT2D eigenvalue weighted by atomic mass is 13.9. The minimum Gasteiger partial charge on any atom is -0.106 e. The van der Waals surface area contributed by atoms with Crippen molar-refractivity contribution in [2.24, 2.45) is 0 Å². The monoisotopic (exact) mass is 194 g/mol. The molecule has 0 aliphatic rings. The van der Waals surface area contributed by atoms with Gasteiger partial charge in [-0.25, -0.2) is 0 Å². The summed E-state index contributed by atoms with van der Waals surface area (Å²) in [6.07, 6.45) is 1.14. The minimum atomic E-state index is 1.14. The number of rotatable bonds is 1. The first-order chi connectivity index (χ1) is 6.93. The van der Waals surface area contributed by atoms with E-state index in [0.29, 0.717) is 0 Å². The van der Waals surface area contributed by atoms with Gasteiger partial charge in [-0.1, -0.05) is 65.0 Å². The van der Waals surface area contributed by atoms with E-state index in [1.54, 1.807) is 0 Å². The molecule has 0 radical (unpaired) electrons. The van der Waals surface area contributed by atoms with E-state index in [9.17, 15) is 0 Å². The second-order valence-corrected chi connectivity index (χ2v) is 1.84. The van der Waals surface area contributed by atoms with Crippen LogP contribution in [0.15, 0.2) is 43.5 Å². The molecule has 82 valence electrons. The van der Waals surface area contributed by atoms with E-state index in [-0.39, 0.29) is 0 Å². The summed E-state index contributed by atoms with van der Waals surface area (Å²) in [5, 5.41) is 0. The van der Waals surface area contributed by atoms with E-state index in [4.69, 9.17) is 0 Å². The molecule has 0 bridgehead atoms. The highest BCUT2D eigenvalue weighted by Gasteiger charge is 1.79. The normalized spacial score (nSPS) is 6.36. The Morgan fingerprint density at radius 3 is 1.43 bits per heavy atom. The Balaban J connectivity index is -0.000000174. The van der Waals surface area contributed by atoms with Crippen LogP contribution in [0.3, 0.4) is 0 Å². The van der Waals surface area contributed by atoms with E-state index < -0.39 is 0 Å². The van der Waals surface area contributed by atoms with Gasteiger partial charge in [-0.15, -0.1) is 13.2 Å². The molecule has 0 saturated carbocycles. The number of aryl methyl sites for hydroxylation is 1. The van der Waals surface area contributed by atoms with Crippen LogP contribution in [-0.2, 0) is 6.42 Å². The van der Waals surface area contributed by atoms with Crippen LogP contribution < -0.4 is 0 Å². The Kier molecular flexibility index (Phi) is 30.3. The first-order valence-electron chi connectivity index (χ1n) is 5.47. The number of hydrogen-bond donors (Lipinski definition) is 0. The van der Waals surface area contributed by atoms with Gasteiger partial charge in [0.15, 0.2) is 0 Å². The molecule has 0 aliphatic heterocycles. The number of benzene rings is 1. The lowest BCUT2D eigenvalue weighted by molar-refractivity contribution is 1.14. The lowest BCUT2D eigenvalue weighted by Crippen LogP contribution is -1.73. The first-order valence-corrected chi connectivity index (χ1v) is 5.47. The van der Waals surface area contributed by atoms with E-state index in [0.717, 1.165) is 6.42 Å². The van der Waals surface area contributed by atoms with Crippen molar-refractivity contribution in [3.05, 3.63) is 49.1 Å². The molecule has 1 aromatic rings. The Labute approximate surface area is 90.7 Å². The zero-order chi connectivity index (χ0) is 11.8. The third-order valence-corrected chi connectivity index (χ3v) is 1.25. The van der Waals surface area contributed by atoms with Gasteiger partial charge in [0.05, 0.1) is 0 Å². The summed E-state index contributed by atoms with van der Waals surface area (Å²) in [6.45, 7) is 16.2. The Morgan fingerprint density at radius 1 is 0.857 bits per heavy atom. The summed E-state index contributed by atoms with van der Waals surface area (Å²) in [4.78, 5) is 0. The zero-order valence-electron chi connectivity index (χ0n) is 10.5. The molecule has 0 spiro atoms. The largest absolute Gasteiger partial charge is 0.106 e. The van der Waals surface area contributed by atoms with Crippen molar-refractivity contribution in [1.29, 1.82) is 0 Å². The van der Waals surface area contributed by atoms with Crippen LogP contribution in [-0.4, -0.2) is 0 Å². The van der Waals surface area contributed by atoms with Crippen LogP contribution in [0.2, 0.25) is 0 Å². The molecule has 0 aromatic heterocycles. The maximum Gasteiger partial charge on any atom is -0.0307 e. The van der Waals surface area contributed by atoms with Crippen molar-refractivity contribution in [1.82, 2.24) is 0 Å². The molecule has 0 nitrogen and oxygen atoms in total. The molecular weight excluding hydrogens is 168 g/mol.